The maximum atomic E-state index is 11.0. The molecule has 0 heterocycles. The molecule has 0 saturated heterocycles. The van der Waals surface area contributed by atoms with Crippen LogP contribution in [0.4, 0.5) is 0 Å². The van der Waals surface area contributed by atoms with E-state index in [0.29, 0.717) is 0 Å². The van der Waals surface area contributed by atoms with Gasteiger partial charge in [0.05, 0.1) is 0 Å². The predicted molar refractivity (Wildman–Crippen MR) is 41.3 cm³/mol. The second-order valence-electron chi connectivity index (χ2n) is 2.96. The van der Waals surface area contributed by atoms with Crippen molar-refractivity contribution in [1.29, 1.82) is 0 Å². The van der Waals surface area contributed by atoms with Gasteiger partial charge in [0.1, 0.15) is 6.04 Å². The molecule has 0 aromatic rings. The Kier molecular flexibility index (Phi) is 2.65. The first-order valence-electron chi connectivity index (χ1n) is 3.87. The summed E-state index contributed by atoms with van der Waals surface area (Å²) in [5, 5.41) is 10.9. The fraction of sp³-hybridized carbons (Fsp3) is 0.714. The van der Waals surface area contributed by atoms with Gasteiger partial charge in [0.15, 0.2) is 0 Å². The second-order valence-corrected chi connectivity index (χ2v) is 2.96. The summed E-state index contributed by atoms with van der Waals surface area (Å²) in [6, 6.07) is -0.993. The molecule has 0 aliphatic heterocycles. The van der Waals surface area contributed by atoms with E-state index in [9.17, 15) is 9.59 Å². The van der Waals surface area contributed by atoms with Gasteiger partial charge in [0.25, 0.3) is 0 Å². The van der Waals surface area contributed by atoms with E-state index in [2.05, 4.69) is 5.32 Å². The van der Waals surface area contributed by atoms with Crippen molar-refractivity contribution >= 4 is 11.9 Å². The highest BCUT2D eigenvalue weighted by atomic mass is 16.4. The minimum Gasteiger partial charge on any atom is -0.480 e. The van der Waals surface area contributed by atoms with Crippen molar-refractivity contribution < 1.29 is 14.7 Å². The highest BCUT2D eigenvalue weighted by Crippen LogP contribution is 2.28. The molecule has 0 unspecified atom stereocenters. The van der Waals surface area contributed by atoms with Crippen LogP contribution in [0.25, 0.3) is 0 Å². The van der Waals surface area contributed by atoms with E-state index in [4.69, 9.17) is 10.8 Å². The Morgan fingerprint density at radius 2 is 2.17 bits per heavy atom. The van der Waals surface area contributed by atoms with Crippen molar-refractivity contribution in [3.8, 4) is 0 Å². The number of carboxylic acid groups (broad SMARTS) is 1. The topological polar surface area (TPSA) is 92.4 Å². The molecular formula is C7H12N2O3. The summed E-state index contributed by atoms with van der Waals surface area (Å²) < 4.78 is 0. The molecule has 5 heteroatoms. The standard InChI is InChI=1S/C7H12N2O3/c8-5(7(11)12)3-9-6(10)4-1-2-4/h4-5H,1-3,8H2,(H,9,10)(H,11,12)/t5-/m0/s1. The minimum atomic E-state index is -1.09. The van der Waals surface area contributed by atoms with Gasteiger partial charge in [0, 0.05) is 12.5 Å². The number of nitrogens with two attached hydrogens (primary N) is 1. The van der Waals surface area contributed by atoms with Gasteiger partial charge in [-0.3, -0.25) is 9.59 Å². The van der Waals surface area contributed by atoms with Gasteiger partial charge in [-0.1, -0.05) is 0 Å². The molecule has 0 aromatic carbocycles. The summed E-state index contributed by atoms with van der Waals surface area (Å²) >= 11 is 0. The Hall–Kier alpha value is -1.10. The normalized spacial score (nSPS) is 18.4. The highest BCUT2D eigenvalue weighted by Gasteiger charge is 2.29. The average Bonchev–Trinajstić information content (AvgIpc) is 2.81. The molecule has 0 bridgehead atoms. The minimum absolute atomic E-state index is 0.0185. The SMILES string of the molecule is N[C@@H](CNC(=O)C1CC1)C(=O)O. The largest absolute Gasteiger partial charge is 0.480 e. The molecule has 1 fully saturated rings. The number of carbonyl (C=O) groups is 2. The molecule has 12 heavy (non-hydrogen) atoms. The third-order valence-corrected chi connectivity index (χ3v) is 1.76. The second kappa shape index (κ2) is 3.53. The van der Waals surface area contributed by atoms with Gasteiger partial charge in [-0.2, -0.15) is 0 Å². The molecule has 1 rings (SSSR count). The van der Waals surface area contributed by atoms with Crippen molar-refractivity contribution in [3.05, 3.63) is 0 Å². The number of amides is 1. The van der Waals surface area contributed by atoms with Gasteiger partial charge in [-0.05, 0) is 12.8 Å². The summed E-state index contributed by atoms with van der Waals surface area (Å²) in [5.74, 6) is -1.07. The van der Waals surface area contributed by atoms with Crippen molar-refractivity contribution in [2.75, 3.05) is 6.54 Å². The third kappa shape index (κ3) is 2.50. The van der Waals surface area contributed by atoms with Crippen LogP contribution in [-0.4, -0.2) is 29.6 Å². The number of nitrogens with one attached hydrogen (secondary N) is 1. The zero-order chi connectivity index (χ0) is 9.14. The molecule has 1 aliphatic carbocycles. The lowest BCUT2D eigenvalue weighted by molar-refractivity contribution is -0.138. The molecule has 0 spiro atoms. The van der Waals surface area contributed by atoms with Crippen LogP contribution in [0.15, 0.2) is 0 Å². The van der Waals surface area contributed by atoms with E-state index in [1.165, 1.54) is 0 Å². The van der Waals surface area contributed by atoms with Crippen LogP contribution < -0.4 is 11.1 Å². The van der Waals surface area contributed by atoms with Crippen LogP contribution in [0.3, 0.4) is 0 Å². The molecule has 4 N–H and O–H groups in total. The first-order valence-corrected chi connectivity index (χ1v) is 3.87. The Bertz CT molecular complexity index is 201. The molecule has 1 aliphatic rings. The van der Waals surface area contributed by atoms with E-state index in [1.54, 1.807) is 0 Å². The maximum absolute atomic E-state index is 11.0. The maximum Gasteiger partial charge on any atom is 0.322 e. The Labute approximate surface area is 69.9 Å². The molecule has 0 aromatic heterocycles. The molecule has 68 valence electrons. The third-order valence-electron chi connectivity index (χ3n) is 1.76. The van der Waals surface area contributed by atoms with Crippen molar-refractivity contribution in [2.24, 2.45) is 11.7 Å². The van der Waals surface area contributed by atoms with Crippen molar-refractivity contribution in [1.82, 2.24) is 5.32 Å². The molecule has 5 nitrogen and oxygen atoms in total. The molecule has 1 saturated carbocycles. The molecular weight excluding hydrogens is 160 g/mol. The fourth-order valence-electron chi connectivity index (χ4n) is 0.788. The lowest BCUT2D eigenvalue weighted by atomic mass is 10.3. The first kappa shape index (κ1) is 8.99. The van der Waals surface area contributed by atoms with Gasteiger partial charge >= 0.3 is 5.97 Å². The van der Waals surface area contributed by atoms with Crippen LogP contribution in [0, 0.1) is 5.92 Å². The Morgan fingerprint density at radius 1 is 1.58 bits per heavy atom. The quantitative estimate of drug-likeness (QED) is 0.503. The summed E-state index contributed by atoms with van der Waals surface area (Å²) in [6.45, 7) is 0.0185. The summed E-state index contributed by atoms with van der Waals surface area (Å²) in [6.07, 6.45) is 1.82. The lowest BCUT2D eigenvalue weighted by Gasteiger charge is -2.07. The number of hydrogen-bond acceptors (Lipinski definition) is 3. The Balaban J connectivity index is 2.15. The summed E-state index contributed by atoms with van der Waals surface area (Å²) in [5.41, 5.74) is 5.17. The van der Waals surface area contributed by atoms with E-state index in [-0.39, 0.29) is 18.4 Å². The zero-order valence-corrected chi connectivity index (χ0v) is 6.62. The fourth-order valence-corrected chi connectivity index (χ4v) is 0.788. The van der Waals surface area contributed by atoms with Crippen molar-refractivity contribution in [3.63, 3.8) is 0 Å². The van der Waals surface area contributed by atoms with Crippen LogP contribution in [-0.2, 0) is 9.59 Å². The van der Waals surface area contributed by atoms with Crippen LogP contribution in [0.5, 0.6) is 0 Å². The van der Waals surface area contributed by atoms with E-state index in [0.717, 1.165) is 12.8 Å². The summed E-state index contributed by atoms with van der Waals surface area (Å²) in [7, 11) is 0. The van der Waals surface area contributed by atoms with Gasteiger partial charge in [0.2, 0.25) is 5.91 Å². The first-order chi connectivity index (χ1) is 5.61. The number of aliphatic carboxylic acids is 1. The molecule has 1 atom stereocenters. The zero-order valence-electron chi connectivity index (χ0n) is 6.62. The van der Waals surface area contributed by atoms with Crippen molar-refractivity contribution in [2.45, 2.75) is 18.9 Å². The van der Waals surface area contributed by atoms with Gasteiger partial charge < -0.3 is 16.2 Å². The number of hydrogen-bond donors (Lipinski definition) is 3. The number of carboxylic acids is 1. The van der Waals surface area contributed by atoms with Crippen LogP contribution >= 0.6 is 0 Å². The average molecular weight is 172 g/mol. The van der Waals surface area contributed by atoms with Gasteiger partial charge in [-0.15, -0.1) is 0 Å². The van der Waals surface area contributed by atoms with Crippen LogP contribution in [0.2, 0.25) is 0 Å². The molecule has 0 radical (unpaired) electrons. The monoisotopic (exact) mass is 172 g/mol. The van der Waals surface area contributed by atoms with E-state index in [1.807, 2.05) is 0 Å². The van der Waals surface area contributed by atoms with E-state index >= 15 is 0 Å². The predicted octanol–water partition coefficient (Wildman–Crippen LogP) is -1.08. The lowest BCUT2D eigenvalue weighted by Crippen LogP contribution is -2.42. The Morgan fingerprint density at radius 3 is 2.58 bits per heavy atom. The molecule has 1 amide bonds. The summed E-state index contributed by atoms with van der Waals surface area (Å²) in [4.78, 5) is 21.2. The number of carbonyl (C=O) groups excluding carboxylic acids is 1. The smallest absolute Gasteiger partial charge is 0.322 e. The van der Waals surface area contributed by atoms with E-state index < -0.39 is 12.0 Å². The highest BCUT2D eigenvalue weighted by molar-refractivity contribution is 5.82. The number of rotatable bonds is 4. The van der Waals surface area contributed by atoms with Crippen LogP contribution in [0.1, 0.15) is 12.8 Å². The van der Waals surface area contributed by atoms with Gasteiger partial charge in [-0.25, -0.2) is 0 Å².